The van der Waals surface area contributed by atoms with Crippen LogP contribution >= 0.6 is 0 Å². The van der Waals surface area contributed by atoms with Crippen LogP contribution in [0.2, 0.25) is 0 Å². The first-order valence-electron chi connectivity index (χ1n) is 6.44. The van der Waals surface area contributed by atoms with E-state index in [9.17, 15) is 8.78 Å². The Hall–Kier alpha value is -2.64. The summed E-state index contributed by atoms with van der Waals surface area (Å²) in [5.41, 5.74) is 0.765. The molecule has 0 radical (unpaired) electrons. The lowest BCUT2D eigenvalue weighted by Gasteiger charge is -2.18. The molecule has 1 atom stereocenters. The fourth-order valence-electron chi connectivity index (χ4n) is 2.09. The van der Waals surface area contributed by atoms with E-state index in [2.05, 4.69) is 25.9 Å². The van der Waals surface area contributed by atoms with E-state index in [4.69, 9.17) is 0 Å². The summed E-state index contributed by atoms with van der Waals surface area (Å²) in [4.78, 5) is 0. The number of benzene rings is 1. The minimum Gasteiger partial charge on any atom is -0.362 e. The van der Waals surface area contributed by atoms with Gasteiger partial charge in [-0.25, -0.2) is 8.78 Å². The summed E-state index contributed by atoms with van der Waals surface area (Å²) in [5, 5.41) is 18.1. The zero-order chi connectivity index (χ0) is 14.8. The van der Waals surface area contributed by atoms with Crippen LogP contribution in [0.3, 0.4) is 0 Å². The third-order valence-corrected chi connectivity index (χ3v) is 3.13. The molecule has 21 heavy (non-hydrogen) atoms. The maximum absolute atomic E-state index is 13.8. The van der Waals surface area contributed by atoms with Gasteiger partial charge in [0, 0.05) is 5.56 Å². The van der Waals surface area contributed by atoms with Crippen LogP contribution in [0.1, 0.15) is 24.9 Å². The predicted molar refractivity (Wildman–Crippen MR) is 71.6 cm³/mol. The van der Waals surface area contributed by atoms with Crippen LogP contribution in [0.4, 0.5) is 14.6 Å². The monoisotopic (exact) mass is 290 g/mol. The maximum Gasteiger partial charge on any atom is 0.200 e. The average Bonchev–Trinajstić information content (AvgIpc) is 2.95. The van der Waals surface area contributed by atoms with Crippen molar-refractivity contribution in [2.45, 2.75) is 19.4 Å². The minimum atomic E-state index is -0.476. The summed E-state index contributed by atoms with van der Waals surface area (Å²) in [6.07, 6.45) is 0.565. The van der Waals surface area contributed by atoms with E-state index < -0.39 is 17.7 Å². The third kappa shape index (κ3) is 2.64. The number of rotatable bonds is 4. The minimum absolute atomic E-state index is 0.260. The molecule has 6 nitrogen and oxygen atoms in total. The number of halogens is 2. The summed E-state index contributed by atoms with van der Waals surface area (Å²) in [6.45, 7) is 1.87. The molecule has 0 spiro atoms. The Labute approximate surface area is 118 Å². The lowest BCUT2D eigenvalue weighted by Crippen LogP contribution is -2.14. The predicted octanol–water partition coefficient (Wildman–Crippen LogP) is 2.36. The Bertz CT molecular complexity index is 772. The molecule has 1 aromatic carbocycles. The number of nitrogens with one attached hydrogen (secondary N) is 1. The molecule has 0 bridgehead atoms. The van der Waals surface area contributed by atoms with Crippen LogP contribution in [0.15, 0.2) is 30.3 Å². The van der Waals surface area contributed by atoms with E-state index in [0.717, 1.165) is 12.1 Å². The first-order chi connectivity index (χ1) is 10.2. The molecule has 0 aliphatic heterocycles. The molecule has 108 valence electrons. The van der Waals surface area contributed by atoms with Gasteiger partial charge in [-0.15, -0.1) is 14.8 Å². The van der Waals surface area contributed by atoms with Gasteiger partial charge in [-0.05, 0) is 47.2 Å². The van der Waals surface area contributed by atoms with Crippen molar-refractivity contribution >= 4 is 11.5 Å². The number of nitrogens with zero attached hydrogens (tertiary/aromatic N) is 5. The van der Waals surface area contributed by atoms with Gasteiger partial charge < -0.3 is 5.32 Å². The van der Waals surface area contributed by atoms with E-state index in [1.165, 1.54) is 10.7 Å². The standard InChI is InChI=1S/C13H12F2N6/c1-2-11(9-7-8(14)3-4-10(9)15)16-12-5-6-13-17-19-20-21(13)18-12/h3-7,11H,2H2,1H3,(H,16,18). The second-order valence-corrected chi connectivity index (χ2v) is 4.52. The highest BCUT2D eigenvalue weighted by molar-refractivity contribution is 5.44. The molecule has 0 fully saturated rings. The Kier molecular flexibility index (Phi) is 3.43. The molecule has 0 aliphatic carbocycles. The Balaban J connectivity index is 1.91. The molecule has 0 saturated carbocycles. The van der Waals surface area contributed by atoms with Crippen LogP contribution in [-0.2, 0) is 0 Å². The van der Waals surface area contributed by atoms with Gasteiger partial charge in [0.25, 0.3) is 0 Å². The summed E-state index contributed by atoms with van der Waals surface area (Å²) in [6, 6.07) is 6.37. The van der Waals surface area contributed by atoms with E-state index in [1.54, 1.807) is 12.1 Å². The topological polar surface area (TPSA) is 68.0 Å². The van der Waals surface area contributed by atoms with E-state index in [-0.39, 0.29) is 5.56 Å². The lowest BCUT2D eigenvalue weighted by molar-refractivity contribution is 0.566. The molecule has 0 aliphatic rings. The highest BCUT2D eigenvalue weighted by Gasteiger charge is 2.16. The number of hydrogen-bond acceptors (Lipinski definition) is 5. The summed E-state index contributed by atoms with van der Waals surface area (Å²) in [5.74, 6) is -0.458. The second-order valence-electron chi connectivity index (χ2n) is 4.52. The zero-order valence-electron chi connectivity index (χ0n) is 11.2. The molecule has 3 rings (SSSR count). The van der Waals surface area contributed by atoms with Crippen molar-refractivity contribution in [3.05, 3.63) is 47.5 Å². The quantitative estimate of drug-likeness (QED) is 0.799. The van der Waals surface area contributed by atoms with Gasteiger partial charge in [-0.3, -0.25) is 0 Å². The van der Waals surface area contributed by atoms with Crippen molar-refractivity contribution in [2.24, 2.45) is 0 Å². The lowest BCUT2D eigenvalue weighted by atomic mass is 10.0. The van der Waals surface area contributed by atoms with Gasteiger partial charge in [0.1, 0.15) is 17.5 Å². The average molecular weight is 290 g/mol. The Morgan fingerprint density at radius 2 is 2.10 bits per heavy atom. The molecule has 1 unspecified atom stereocenters. The van der Waals surface area contributed by atoms with Crippen molar-refractivity contribution < 1.29 is 8.78 Å². The Morgan fingerprint density at radius 1 is 1.24 bits per heavy atom. The molecule has 0 amide bonds. The van der Waals surface area contributed by atoms with Crippen LogP contribution in [0, 0.1) is 11.6 Å². The number of hydrogen-bond donors (Lipinski definition) is 1. The molecule has 1 N–H and O–H groups in total. The fraction of sp³-hybridized carbons (Fsp3) is 0.231. The normalized spacial score (nSPS) is 12.5. The number of aromatic nitrogens is 5. The van der Waals surface area contributed by atoms with Gasteiger partial charge in [0.2, 0.25) is 0 Å². The van der Waals surface area contributed by atoms with Crippen LogP contribution in [0.25, 0.3) is 5.65 Å². The zero-order valence-corrected chi connectivity index (χ0v) is 11.2. The first kappa shape index (κ1) is 13.3. The highest BCUT2D eigenvalue weighted by atomic mass is 19.1. The van der Waals surface area contributed by atoms with Crippen molar-refractivity contribution in [1.29, 1.82) is 0 Å². The molecular weight excluding hydrogens is 278 g/mol. The summed E-state index contributed by atoms with van der Waals surface area (Å²) >= 11 is 0. The summed E-state index contributed by atoms with van der Waals surface area (Å²) < 4.78 is 28.4. The van der Waals surface area contributed by atoms with Gasteiger partial charge in [0.05, 0.1) is 6.04 Å². The molecule has 2 heterocycles. The van der Waals surface area contributed by atoms with Gasteiger partial charge >= 0.3 is 0 Å². The molecule has 2 aromatic heterocycles. The highest BCUT2D eigenvalue weighted by Crippen LogP contribution is 2.24. The van der Waals surface area contributed by atoms with Gasteiger partial charge in [0.15, 0.2) is 5.65 Å². The number of tetrazole rings is 1. The van der Waals surface area contributed by atoms with E-state index in [1.807, 2.05) is 6.92 Å². The third-order valence-electron chi connectivity index (χ3n) is 3.13. The first-order valence-corrected chi connectivity index (χ1v) is 6.44. The van der Waals surface area contributed by atoms with Crippen LogP contribution in [0.5, 0.6) is 0 Å². The maximum atomic E-state index is 13.8. The molecule has 0 saturated heterocycles. The molecular formula is C13H12F2N6. The number of anilines is 1. The van der Waals surface area contributed by atoms with Gasteiger partial charge in [-0.1, -0.05) is 6.92 Å². The molecule has 8 heteroatoms. The van der Waals surface area contributed by atoms with E-state index >= 15 is 0 Å². The van der Waals surface area contributed by atoms with Crippen LogP contribution < -0.4 is 5.32 Å². The fourth-order valence-corrected chi connectivity index (χ4v) is 2.09. The van der Waals surface area contributed by atoms with E-state index in [0.29, 0.717) is 17.9 Å². The smallest absolute Gasteiger partial charge is 0.200 e. The molecule has 3 aromatic rings. The van der Waals surface area contributed by atoms with Crippen molar-refractivity contribution in [3.63, 3.8) is 0 Å². The SMILES string of the molecule is CCC(Nc1ccc2nnnn2n1)c1cc(F)ccc1F. The largest absolute Gasteiger partial charge is 0.362 e. The summed E-state index contributed by atoms with van der Waals surface area (Å²) in [7, 11) is 0. The van der Waals surface area contributed by atoms with Crippen molar-refractivity contribution in [3.8, 4) is 0 Å². The van der Waals surface area contributed by atoms with Crippen molar-refractivity contribution in [2.75, 3.05) is 5.32 Å². The van der Waals surface area contributed by atoms with Crippen LogP contribution in [-0.4, -0.2) is 25.3 Å². The number of fused-ring (bicyclic) bond motifs is 1. The Morgan fingerprint density at radius 3 is 2.90 bits per heavy atom. The van der Waals surface area contributed by atoms with Crippen molar-refractivity contribution in [1.82, 2.24) is 25.3 Å². The van der Waals surface area contributed by atoms with Gasteiger partial charge in [-0.2, -0.15) is 0 Å². The second kappa shape index (κ2) is 5.39.